The van der Waals surface area contributed by atoms with Crippen LogP contribution in [0.1, 0.15) is 164 Å². The zero-order valence-corrected chi connectivity index (χ0v) is 45.7. The number of hydrogen-bond donors (Lipinski definition) is 3. The predicted molar refractivity (Wildman–Crippen MR) is 269 cm³/mol. The Morgan fingerprint density at radius 3 is 1.43 bits per heavy atom. The van der Waals surface area contributed by atoms with Gasteiger partial charge >= 0.3 is 23.1 Å². The second kappa shape index (κ2) is 22.5. The fourth-order valence-electron chi connectivity index (χ4n) is 14.2. The van der Waals surface area contributed by atoms with E-state index in [1.54, 1.807) is 87.2 Å². The third kappa shape index (κ3) is 13.4. The number of carbonyl (C=O) groups is 5. The third-order valence-corrected chi connectivity index (χ3v) is 15.5. The number of aromatic nitrogens is 4. The first-order chi connectivity index (χ1) is 32.8. The third-order valence-electron chi connectivity index (χ3n) is 15.5. The number of rotatable bonds is 16. The van der Waals surface area contributed by atoms with Crippen molar-refractivity contribution in [2.24, 2.45) is 34.5 Å². The van der Waals surface area contributed by atoms with Crippen molar-refractivity contribution in [1.82, 2.24) is 30.6 Å². The average Bonchev–Trinajstić information content (AvgIpc) is 3.26. The van der Waals surface area contributed by atoms with Gasteiger partial charge in [0, 0.05) is 47.4 Å². The Labute approximate surface area is 450 Å². The normalized spacial score (nSPS) is 27.9. The van der Waals surface area contributed by atoms with E-state index in [1.165, 1.54) is 19.8 Å². The number of aryl methyl sites for hydroxylation is 2. The van der Waals surface area contributed by atoms with Gasteiger partial charge in [-0.2, -0.15) is 0 Å². The Balaban J connectivity index is 0.000000226. The minimum Gasteiger partial charge on any atom is -1.00 e. The quantitative estimate of drug-likeness (QED) is 0.0731. The van der Waals surface area contributed by atoms with Gasteiger partial charge in [0.25, 0.3) is 11.8 Å². The van der Waals surface area contributed by atoms with Gasteiger partial charge in [0.15, 0.2) is 17.3 Å². The molecule has 4 atom stereocenters. The van der Waals surface area contributed by atoms with E-state index >= 15 is 0 Å². The molecule has 0 aliphatic heterocycles. The molecule has 8 fully saturated rings. The number of ketones is 3. The van der Waals surface area contributed by atoms with Crippen LogP contribution in [0.4, 0.5) is 0 Å². The molecule has 14 nitrogen and oxygen atoms in total. The van der Waals surface area contributed by atoms with Crippen LogP contribution in [0.15, 0.2) is 73.3 Å². The van der Waals surface area contributed by atoms with Gasteiger partial charge < -0.3 is 49.6 Å². The molecular formula is C56H69BrMgN6O8. The van der Waals surface area contributed by atoms with E-state index < -0.39 is 5.60 Å². The van der Waals surface area contributed by atoms with E-state index in [2.05, 4.69) is 30.6 Å². The molecule has 72 heavy (non-hydrogen) atoms. The van der Waals surface area contributed by atoms with Gasteiger partial charge in [-0.15, -0.1) is 0 Å². The van der Waals surface area contributed by atoms with Gasteiger partial charge in [-0.05, 0) is 183 Å². The summed E-state index contributed by atoms with van der Waals surface area (Å²) in [6.45, 7) is 8.66. The molecular weight excluding hydrogens is 989 g/mol. The summed E-state index contributed by atoms with van der Waals surface area (Å²) >= 11 is 0. The molecule has 8 aliphatic rings. The van der Waals surface area contributed by atoms with Gasteiger partial charge in [-0.3, -0.25) is 33.9 Å². The Morgan fingerprint density at radius 1 is 0.653 bits per heavy atom. The van der Waals surface area contributed by atoms with Crippen molar-refractivity contribution >= 4 is 52.2 Å². The number of hydrogen-bond acceptors (Lipinski definition) is 12. The molecule has 12 rings (SSSR count). The average molecular weight is 1060 g/mol. The molecule has 2 amide bonds. The van der Waals surface area contributed by atoms with Crippen molar-refractivity contribution in [3.8, 4) is 11.5 Å². The summed E-state index contributed by atoms with van der Waals surface area (Å²) < 4.78 is 11.2. The van der Waals surface area contributed by atoms with Crippen LogP contribution in [-0.2, 0) is 4.79 Å². The van der Waals surface area contributed by atoms with Crippen LogP contribution in [0.25, 0.3) is 0 Å². The number of amides is 2. The second-order valence-electron chi connectivity index (χ2n) is 22.8. The largest absolute Gasteiger partial charge is 2.00 e. The van der Waals surface area contributed by atoms with E-state index in [4.69, 9.17) is 9.47 Å². The first-order valence-electron chi connectivity index (χ1n) is 24.7. The summed E-state index contributed by atoms with van der Waals surface area (Å²) in [7, 11) is 0. The Hall–Kier alpha value is -4.64. The van der Waals surface area contributed by atoms with Gasteiger partial charge in [0.2, 0.25) is 0 Å². The zero-order chi connectivity index (χ0) is 48.8. The minimum atomic E-state index is -0.951. The number of halogens is 1. The first kappa shape index (κ1) is 56.6. The van der Waals surface area contributed by atoms with E-state index in [0.717, 1.165) is 75.6 Å². The van der Waals surface area contributed by atoms with Gasteiger partial charge in [-0.1, -0.05) is 12.1 Å². The summed E-state index contributed by atoms with van der Waals surface area (Å²) in [4.78, 5) is 81.3. The fourth-order valence-corrected chi connectivity index (χ4v) is 14.2. The molecule has 2 heterocycles. The molecule has 8 saturated carbocycles. The smallest absolute Gasteiger partial charge is 1.00 e. The van der Waals surface area contributed by atoms with Gasteiger partial charge in [-0.25, -0.2) is 9.97 Å². The Bertz CT molecular complexity index is 2630. The van der Waals surface area contributed by atoms with Crippen LogP contribution in [0.2, 0.25) is 0 Å². The molecule has 380 valence electrons. The molecule has 8 bridgehead atoms. The number of nitrogens with one attached hydrogen (secondary N) is 2. The number of carbonyl (C=O) groups excluding carboxylic acids is 5. The summed E-state index contributed by atoms with van der Waals surface area (Å²) in [5, 5.41) is 16.7. The molecule has 8 aliphatic carbocycles. The molecule has 4 aromatic rings. The maximum atomic E-state index is 13.4. The van der Waals surface area contributed by atoms with Crippen LogP contribution in [0.5, 0.6) is 11.5 Å². The monoisotopic (exact) mass is 1060 g/mol. The van der Waals surface area contributed by atoms with Crippen molar-refractivity contribution in [2.75, 3.05) is 13.2 Å². The van der Waals surface area contributed by atoms with Crippen molar-refractivity contribution in [1.29, 1.82) is 0 Å². The van der Waals surface area contributed by atoms with Crippen LogP contribution in [-0.4, -0.2) is 107 Å². The maximum Gasteiger partial charge on any atom is 2.00 e. The van der Waals surface area contributed by atoms with Crippen LogP contribution >= 0.6 is 0 Å². The van der Waals surface area contributed by atoms with Crippen molar-refractivity contribution in [2.45, 2.75) is 141 Å². The van der Waals surface area contributed by atoms with Gasteiger partial charge in [0.1, 0.15) is 36.1 Å². The van der Waals surface area contributed by atoms with Crippen molar-refractivity contribution in [3.05, 3.63) is 115 Å². The van der Waals surface area contributed by atoms with Crippen molar-refractivity contribution < 1.29 is 55.5 Å². The molecule has 0 saturated heterocycles. The van der Waals surface area contributed by atoms with E-state index in [-0.39, 0.29) is 112 Å². The standard InChI is InChI=1S/C28H35N3O4.C27H31N3O4.CH3.BrH.Mg/c1-18-14-29-15-23(30-18)24(32)13-27-9-19-7-20(10-27)12-28(11-19,16-27)31-25(33)21-5-4-6-22(8-21)35-17-26(2,3)34;1-17-13-28-14-23(29-17)24(32)12-26-8-19-6-20(9-26)11-27(10-19,16-26)30-25(33)21-4-3-5-22(7-21)34-15-18(2)31;;;/h4-6,8,14-15,19-20,34H,7,9-13,16-17H2,1-3H3,(H,31,33);3-5,7,13-14,19-20H,6,8-12,15-16H2,1-2H3,(H,30,33);1H3;1H;/q;;-1;;+2/p-1. The number of aliphatic hydroxyl groups is 1. The predicted octanol–water partition coefficient (Wildman–Crippen LogP) is 5.44. The van der Waals surface area contributed by atoms with E-state index in [0.29, 0.717) is 70.5 Å². The number of nitrogens with zero attached hydrogens (tertiary/aromatic N) is 4. The van der Waals surface area contributed by atoms with E-state index in [1.807, 2.05) is 13.8 Å². The first-order valence-corrected chi connectivity index (χ1v) is 24.7. The van der Waals surface area contributed by atoms with Crippen LogP contribution in [0.3, 0.4) is 0 Å². The van der Waals surface area contributed by atoms with Crippen molar-refractivity contribution in [3.63, 3.8) is 0 Å². The molecule has 2 aromatic heterocycles. The number of Topliss-reactive ketones (excluding diaryl/α,β-unsaturated/α-hetero) is 3. The van der Waals surface area contributed by atoms with Gasteiger partial charge in [0.05, 0.1) is 29.4 Å². The van der Waals surface area contributed by atoms with Crippen LogP contribution in [0, 0.1) is 55.8 Å². The molecule has 0 radical (unpaired) electrons. The summed E-state index contributed by atoms with van der Waals surface area (Å²) in [6.07, 6.45) is 19.5. The zero-order valence-electron chi connectivity index (χ0n) is 42.7. The Kier molecular flexibility index (Phi) is 17.7. The second-order valence-corrected chi connectivity index (χ2v) is 22.8. The summed E-state index contributed by atoms with van der Waals surface area (Å²) in [6, 6.07) is 14.1. The summed E-state index contributed by atoms with van der Waals surface area (Å²) in [5.41, 5.74) is 1.77. The maximum absolute atomic E-state index is 13.4. The molecule has 3 N–H and O–H groups in total. The fraction of sp³-hybridized carbons (Fsp3) is 0.536. The molecule has 4 unspecified atom stereocenters. The number of ether oxygens (including phenoxy) is 2. The Morgan fingerprint density at radius 2 is 1.06 bits per heavy atom. The number of benzene rings is 2. The molecule has 16 heteroatoms. The van der Waals surface area contributed by atoms with Crippen LogP contribution < -0.4 is 37.1 Å². The topological polar surface area (TPSA) is 200 Å². The molecule has 2 aromatic carbocycles. The van der Waals surface area contributed by atoms with E-state index in [9.17, 15) is 29.1 Å². The molecule has 0 spiro atoms. The minimum absolute atomic E-state index is 0. The summed E-state index contributed by atoms with van der Waals surface area (Å²) in [5.74, 6) is 3.01. The SMILES string of the molecule is CC(=O)COc1cccc(C(=O)NC23CC4CC(CC(CC(=O)c5cncc(C)n5)(C4)C2)C3)c1.Cc1cncc(C(=O)CC23CC4CC(C2)CC(NC(=O)c2cccc(OCC(C)(C)O)c2)(C4)C3)n1.[Br-].[CH3-].[Mg+2].